The second-order valence-electron chi connectivity index (χ2n) is 6.64. The Balaban J connectivity index is 2.19. The van der Waals surface area contributed by atoms with Crippen molar-refractivity contribution in [3.63, 3.8) is 0 Å². The minimum absolute atomic E-state index is 0.0231. The van der Waals surface area contributed by atoms with Gasteiger partial charge in [-0.25, -0.2) is 0 Å². The van der Waals surface area contributed by atoms with E-state index in [1.807, 2.05) is 6.07 Å². The largest absolute Gasteiger partial charge is 0.504 e. The van der Waals surface area contributed by atoms with Crippen molar-refractivity contribution >= 4 is 0 Å². The van der Waals surface area contributed by atoms with E-state index < -0.39 is 0 Å². The lowest BCUT2D eigenvalue weighted by Gasteiger charge is -2.26. The van der Waals surface area contributed by atoms with E-state index in [0.29, 0.717) is 30.8 Å². The highest BCUT2D eigenvalue weighted by Crippen LogP contribution is 2.32. The van der Waals surface area contributed by atoms with Crippen molar-refractivity contribution < 1.29 is 29.9 Å². The first-order valence-electron chi connectivity index (χ1n) is 8.95. The predicted octanol–water partition coefficient (Wildman–Crippen LogP) is 2.51. The number of benzene rings is 2. The summed E-state index contributed by atoms with van der Waals surface area (Å²) in [5, 5.41) is 39.0. The van der Waals surface area contributed by atoms with Gasteiger partial charge in [-0.3, -0.25) is 0 Å². The number of hydrogen-bond acceptors (Lipinski definition) is 6. The summed E-state index contributed by atoms with van der Waals surface area (Å²) < 4.78 is 10.3. The number of phenolic OH excluding ortho intramolecular Hbond substituents is 2. The van der Waals surface area contributed by atoms with Crippen molar-refractivity contribution in [2.45, 2.75) is 19.3 Å². The van der Waals surface area contributed by atoms with Crippen LogP contribution in [0.5, 0.6) is 23.0 Å². The van der Waals surface area contributed by atoms with Gasteiger partial charge in [0.15, 0.2) is 23.0 Å². The lowest BCUT2D eigenvalue weighted by Crippen LogP contribution is -2.24. The van der Waals surface area contributed by atoms with Gasteiger partial charge in [-0.05, 0) is 66.5 Å². The lowest BCUT2D eigenvalue weighted by atomic mass is 9.81. The molecule has 2 aromatic carbocycles. The van der Waals surface area contributed by atoms with Crippen molar-refractivity contribution in [1.29, 1.82) is 0 Å². The van der Waals surface area contributed by atoms with Crippen LogP contribution in [0, 0.1) is 11.8 Å². The Kier molecular flexibility index (Phi) is 7.76. The fraction of sp³-hybridized carbons (Fsp3) is 0.429. The molecule has 2 aromatic rings. The third-order valence-corrected chi connectivity index (χ3v) is 4.89. The van der Waals surface area contributed by atoms with Crippen LogP contribution in [-0.2, 0) is 12.8 Å². The first kappa shape index (κ1) is 20.9. The molecule has 0 spiro atoms. The van der Waals surface area contributed by atoms with Gasteiger partial charge in [0.1, 0.15) is 0 Å². The van der Waals surface area contributed by atoms with Crippen LogP contribution in [0.4, 0.5) is 0 Å². The van der Waals surface area contributed by atoms with Crippen LogP contribution in [0.15, 0.2) is 36.4 Å². The maximum atomic E-state index is 9.96. The summed E-state index contributed by atoms with van der Waals surface area (Å²) in [6.07, 6.45) is 1.77. The fourth-order valence-corrected chi connectivity index (χ4v) is 3.35. The van der Waals surface area contributed by atoms with Crippen LogP contribution >= 0.6 is 0 Å². The molecule has 0 aliphatic heterocycles. The molecular weight excluding hydrogens is 348 g/mol. The number of rotatable bonds is 10. The zero-order valence-electron chi connectivity index (χ0n) is 15.8. The monoisotopic (exact) mass is 376 g/mol. The Morgan fingerprint density at radius 1 is 0.778 bits per heavy atom. The van der Waals surface area contributed by atoms with Gasteiger partial charge in [-0.1, -0.05) is 12.1 Å². The Morgan fingerprint density at radius 3 is 1.67 bits per heavy atom. The average molecular weight is 376 g/mol. The maximum absolute atomic E-state index is 9.96. The molecule has 0 aliphatic carbocycles. The molecule has 0 fully saturated rings. The van der Waals surface area contributed by atoms with Gasteiger partial charge < -0.3 is 29.9 Å². The molecule has 0 heterocycles. The van der Waals surface area contributed by atoms with Gasteiger partial charge in [-0.2, -0.15) is 0 Å². The number of phenols is 2. The zero-order valence-corrected chi connectivity index (χ0v) is 15.8. The molecule has 0 bridgehead atoms. The van der Waals surface area contributed by atoms with Crippen LogP contribution < -0.4 is 9.47 Å². The van der Waals surface area contributed by atoms with Crippen LogP contribution in [0.1, 0.15) is 17.5 Å². The molecule has 0 amide bonds. The van der Waals surface area contributed by atoms with E-state index in [9.17, 15) is 20.4 Å². The number of aromatic hydroxyl groups is 2. The average Bonchev–Trinajstić information content (AvgIpc) is 2.68. The number of aliphatic hydroxyl groups is 2. The molecular formula is C21H28O6. The van der Waals surface area contributed by atoms with Crippen molar-refractivity contribution in [3.05, 3.63) is 47.5 Å². The summed E-state index contributed by atoms with van der Waals surface area (Å²) in [6.45, 7) is -0.00163. The molecule has 2 rings (SSSR count). The van der Waals surface area contributed by atoms with Crippen molar-refractivity contribution in [1.82, 2.24) is 0 Å². The van der Waals surface area contributed by atoms with Gasteiger partial charge >= 0.3 is 0 Å². The summed E-state index contributed by atoms with van der Waals surface area (Å²) >= 11 is 0. The van der Waals surface area contributed by atoms with Crippen LogP contribution in [-0.4, -0.2) is 47.9 Å². The minimum atomic E-state index is -0.0776. The molecule has 2 atom stereocenters. The summed E-state index contributed by atoms with van der Waals surface area (Å²) in [4.78, 5) is 0. The second kappa shape index (κ2) is 10.0. The smallest absolute Gasteiger partial charge is 0.160 e. The summed E-state index contributed by atoms with van der Waals surface area (Å²) in [6, 6.07) is 10.3. The Labute approximate surface area is 159 Å². The second-order valence-corrected chi connectivity index (χ2v) is 6.64. The molecule has 4 N–H and O–H groups in total. The molecule has 0 saturated carbocycles. The van der Waals surface area contributed by atoms with Crippen LogP contribution in [0.2, 0.25) is 0 Å². The molecule has 0 saturated heterocycles. The topological polar surface area (TPSA) is 99.4 Å². The van der Waals surface area contributed by atoms with Crippen molar-refractivity contribution in [2.75, 3.05) is 27.4 Å². The van der Waals surface area contributed by atoms with E-state index in [2.05, 4.69) is 0 Å². The van der Waals surface area contributed by atoms with Gasteiger partial charge in [0, 0.05) is 13.2 Å². The van der Waals surface area contributed by atoms with E-state index in [1.54, 1.807) is 30.3 Å². The molecule has 6 heteroatoms. The van der Waals surface area contributed by atoms with E-state index in [4.69, 9.17) is 9.47 Å². The van der Waals surface area contributed by atoms with E-state index >= 15 is 0 Å². The summed E-state index contributed by atoms with van der Waals surface area (Å²) in [5.74, 6) is 0.908. The predicted molar refractivity (Wildman–Crippen MR) is 102 cm³/mol. The molecule has 148 valence electrons. The summed E-state index contributed by atoms with van der Waals surface area (Å²) in [5.41, 5.74) is 1.90. The molecule has 6 nitrogen and oxygen atoms in total. The zero-order chi connectivity index (χ0) is 19.8. The fourth-order valence-electron chi connectivity index (χ4n) is 3.35. The molecule has 0 unspecified atom stereocenters. The Bertz CT molecular complexity index is 731. The Hall–Kier alpha value is -2.44. The summed E-state index contributed by atoms with van der Waals surface area (Å²) in [7, 11) is 2.99. The van der Waals surface area contributed by atoms with Gasteiger partial charge in [0.05, 0.1) is 14.2 Å². The molecule has 0 aliphatic rings. The molecule has 27 heavy (non-hydrogen) atoms. The maximum Gasteiger partial charge on any atom is 0.160 e. The quantitative estimate of drug-likeness (QED) is 0.508. The van der Waals surface area contributed by atoms with Crippen LogP contribution in [0.3, 0.4) is 0 Å². The van der Waals surface area contributed by atoms with Crippen LogP contribution in [0.25, 0.3) is 0 Å². The van der Waals surface area contributed by atoms with E-state index in [0.717, 1.165) is 11.1 Å². The molecule has 0 aromatic heterocycles. The first-order valence-corrected chi connectivity index (χ1v) is 8.95. The van der Waals surface area contributed by atoms with Gasteiger partial charge in [0.25, 0.3) is 0 Å². The van der Waals surface area contributed by atoms with Crippen molar-refractivity contribution in [2.24, 2.45) is 11.8 Å². The van der Waals surface area contributed by atoms with Gasteiger partial charge in [0.2, 0.25) is 0 Å². The SMILES string of the molecule is COc1cc(C[C@H](CO)[C@@H](CCO)Cc2ccc(O)c(OC)c2)ccc1O. The number of hydrogen-bond donors (Lipinski definition) is 4. The first-order chi connectivity index (χ1) is 13.0. The minimum Gasteiger partial charge on any atom is -0.504 e. The third kappa shape index (κ3) is 5.52. The third-order valence-electron chi connectivity index (χ3n) is 4.89. The number of methoxy groups -OCH3 is 2. The van der Waals surface area contributed by atoms with Gasteiger partial charge in [-0.15, -0.1) is 0 Å². The Morgan fingerprint density at radius 2 is 1.26 bits per heavy atom. The lowest BCUT2D eigenvalue weighted by molar-refractivity contribution is 0.147. The highest BCUT2D eigenvalue weighted by Gasteiger charge is 2.22. The van der Waals surface area contributed by atoms with Crippen molar-refractivity contribution in [3.8, 4) is 23.0 Å². The standard InChI is InChI=1S/C21H28O6/c1-26-20-11-14(3-5-18(20)24)9-16(7-8-22)17(13-23)10-15-4-6-19(25)21(12-15)27-2/h3-6,11-12,16-17,22-25H,7-10,13H2,1-2H3/t16-,17+/m0/s1. The normalized spacial score (nSPS) is 13.2. The highest BCUT2D eigenvalue weighted by molar-refractivity contribution is 5.43. The van der Waals surface area contributed by atoms with E-state index in [1.165, 1.54) is 14.2 Å². The number of aliphatic hydroxyl groups excluding tert-OH is 2. The molecule has 0 radical (unpaired) electrons. The number of ether oxygens (including phenoxy) is 2. The van der Waals surface area contributed by atoms with E-state index in [-0.39, 0.29) is 36.5 Å². The highest BCUT2D eigenvalue weighted by atomic mass is 16.5.